The average molecular weight is 351 g/mol. The molecule has 0 aliphatic heterocycles. The number of hydrogen-bond donors (Lipinski definition) is 2. The Morgan fingerprint density at radius 3 is 2.46 bits per heavy atom. The van der Waals surface area contributed by atoms with Crippen LogP contribution in [-0.4, -0.2) is 23.9 Å². The molecular weight excluding hydrogens is 322 g/mol. The molecule has 0 atom stereocenters. The summed E-state index contributed by atoms with van der Waals surface area (Å²) >= 11 is 0. The Balaban J connectivity index is 1.68. The average Bonchev–Trinajstić information content (AvgIpc) is 2.70. The number of anilines is 1. The molecule has 1 aliphatic rings. The molecule has 0 heterocycles. The van der Waals surface area contributed by atoms with Gasteiger partial charge in [-0.05, 0) is 49.2 Å². The van der Waals surface area contributed by atoms with Crippen LogP contribution in [0.25, 0.3) is 0 Å². The van der Waals surface area contributed by atoms with E-state index in [1.165, 1.54) is 32.1 Å². The predicted octanol–water partition coefficient (Wildman–Crippen LogP) is 4.16. The van der Waals surface area contributed by atoms with E-state index in [1.807, 2.05) is 42.5 Å². The first-order valence-corrected chi connectivity index (χ1v) is 9.56. The van der Waals surface area contributed by atoms with E-state index in [9.17, 15) is 4.79 Å². The standard InChI is InChI=1S/C22H29N3O/c1-25(20-8-3-2-4-9-20)16-19-7-5-6-10-21(19)24-22(26)18-13-11-17(15-23)12-14-18/h5-7,10-14,20H,2-4,8-9,15-16,23H2,1H3,(H,24,26). The van der Waals surface area contributed by atoms with E-state index in [0.717, 1.165) is 23.4 Å². The Kier molecular flexibility index (Phi) is 6.42. The number of carbonyl (C=O) groups is 1. The fourth-order valence-electron chi connectivity index (χ4n) is 3.69. The minimum Gasteiger partial charge on any atom is -0.326 e. The van der Waals surface area contributed by atoms with E-state index in [4.69, 9.17) is 5.73 Å². The summed E-state index contributed by atoms with van der Waals surface area (Å²) in [4.78, 5) is 15.0. The lowest BCUT2D eigenvalue weighted by molar-refractivity contribution is 0.102. The summed E-state index contributed by atoms with van der Waals surface area (Å²) in [6.45, 7) is 1.34. The third-order valence-electron chi connectivity index (χ3n) is 5.34. The van der Waals surface area contributed by atoms with Gasteiger partial charge in [0.1, 0.15) is 0 Å². The van der Waals surface area contributed by atoms with E-state index in [0.29, 0.717) is 18.2 Å². The first-order valence-electron chi connectivity index (χ1n) is 9.56. The van der Waals surface area contributed by atoms with Crippen LogP contribution in [0.3, 0.4) is 0 Å². The first kappa shape index (κ1) is 18.6. The molecule has 1 fully saturated rings. The zero-order valence-corrected chi connectivity index (χ0v) is 15.6. The van der Waals surface area contributed by atoms with Crippen molar-refractivity contribution < 1.29 is 4.79 Å². The summed E-state index contributed by atoms with van der Waals surface area (Å²) in [6, 6.07) is 16.2. The smallest absolute Gasteiger partial charge is 0.255 e. The van der Waals surface area contributed by atoms with Crippen molar-refractivity contribution in [3.8, 4) is 0 Å². The number of rotatable bonds is 6. The maximum absolute atomic E-state index is 12.6. The molecule has 1 saturated carbocycles. The van der Waals surface area contributed by atoms with Crippen LogP contribution in [0.15, 0.2) is 48.5 Å². The van der Waals surface area contributed by atoms with Crippen molar-refractivity contribution in [3.05, 3.63) is 65.2 Å². The highest BCUT2D eigenvalue weighted by Crippen LogP contribution is 2.25. The number of nitrogens with two attached hydrogens (primary N) is 1. The van der Waals surface area contributed by atoms with E-state index >= 15 is 0 Å². The van der Waals surface area contributed by atoms with Gasteiger partial charge in [0.2, 0.25) is 0 Å². The van der Waals surface area contributed by atoms with Crippen molar-refractivity contribution in [1.82, 2.24) is 4.90 Å². The fourth-order valence-corrected chi connectivity index (χ4v) is 3.69. The van der Waals surface area contributed by atoms with Gasteiger partial charge in [-0.15, -0.1) is 0 Å². The maximum Gasteiger partial charge on any atom is 0.255 e. The summed E-state index contributed by atoms with van der Waals surface area (Å²) in [5.41, 5.74) is 9.35. The van der Waals surface area contributed by atoms with Crippen LogP contribution < -0.4 is 11.1 Å². The van der Waals surface area contributed by atoms with E-state index < -0.39 is 0 Å². The second-order valence-electron chi connectivity index (χ2n) is 7.22. The Labute approximate surface area is 156 Å². The molecule has 0 saturated heterocycles. The normalized spacial score (nSPS) is 15.2. The Hall–Kier alpha value is -2.17. The summed E-state index contributed by atoms with van der Waals surface area (Å²) < 4.78 is 0. The zero-order valence-electron chi connectivity index (χ0n) is 15.6. The van der Waals surface area contributed by atoms with Crippen LogP contribution >= 0.6 is 0 Å². The van der Waals surface area contributed by atoms with Gasteiger partial charge < -0.3 is 11.1 Å². The minimum atomic E-state index is -0.0821. The second-order valence-corrected chi connectivity index (χ2v) is 7.22. The Morgan fingerprint density at radius 2 is 1.77 bits per heavy atom. The van der Waals surface area contributed by atoms with Gasteiger partial charge in [-0.3, -0.25) is 9.69 Å². The highest BCUT2D eigenvalue weighted by atomic mass is 16.1. The number of nitrogens with zero attached hydrogens (tertiary/aromatic N) is 1. The molecule has 1 aliphatic carbocycles. The van der Waals surface area contributed by atoms with Crippen LogP contribution in [0.1, 0.15) is 53.6 Å². The minimum absolute atomic E-state index is 0.0821. The van der Waals surface area contributed by atoms with Crippen molar-refractivity contribution >= 4 is 11.6 Å². The van der Waals surface area contributed by atoms with Gasteiger partial charge in [-0.1, -0.05) is 49.6 Å². The molecule has 0 spiro atoms. The lowest BCUT2D eigenvalue weighted by Gasteiger charge is -2.31. The van der Waals surface area contributed by atoms with Gasteiger partial charge in [0.15, 0.2) is 0 Å². The van der Waals surface area contributed by atoms with E-state index in [1.54, 1.807) is 0 Å². The summed E-state index contributed by atoms with van der Waals surface area (Å²) in [5, 5.41) is 3.08. The quantitative estimate of drug-likeness (QED) is 0.821. The van der Waals surface area contributed by atoms with Crippen molar-refractivity contribution in [1.29, 1.82) is 0 Å². The molecule has 0 bridgehead atoms. The molecule has 0 aromatic heterocycles. The molecule has 26 heavy (non-hydrogen) atoms. The van der Waals surface area contributed by atoms with Crippen molar-refractivity contribution in [3.63, 3.8) is 0 Å². The molecule has 4 nitrogen and oxygen atoms in total. The number of para-hydroxylation sites is 1. The number of amides is 1. The van der Waals surface area contributed by atoms with Gasteiger partial charge in [0.25, 0.3) is 5.91 Å². The van der Waals surface area contributed by atoms with Gasteiger partial charge >= 0.3 is 0 Å². The summed E-state index contributed by atoms with van der Waals surface area (Å²) in [6.07, 6.45) is 6.56. The third-order valence-corrected chi connectivity index (χ3v) is 5.34. The molecule has 3 rings (SSSR count). The Bertz CT molecular complexity index is 720. The van der Waals surface area contributed by atoms with Crippen LogP contribution in [0.5, 0.6) is 0 Å². The SMILES string of the molecule is CN(Cc1ccccc1NC(=O)c1ccc(CN)cc1)C1CCCCC1. The molecule has 2 aromatic carbocycles. The van der Waals surface area contributed by atoms with Gasteiger partial charge in [-0.25, -0.2) is 0 Å². The highest BCUT2D eigenvalue weighted by molar-refractivity contribution is 6.04. The number of hydrogen-bond acceptors (Lipinski definition) is 3. The molecule has 2 aromatic rings. The van der Waals surface area contributed by atoms with Crippen LogP contribution in [0, 0.1) is 0 Å². The Morgan fingerprint density at radius 1 is 1.08 bits per heavy atom. The fraction of sp³-hybridized carbons (Fsp3) is 0.409. The van der Waals surface area contributed by atoms with Gasteiger partial charge in [0, 0.05) is 30.4 Å². The molecule has 3 N–H and O–H groups in total. The van der Waals surface area contributed by atoms with Gasteiger partial charge in [-0.2, -0.15) is 0 Å². The second kappa shape index (κ2) is 8.97. The van der Waals surface area contributed by atoms with Crippen molar-refractivity contribution in [2.45, 2.75) is 51.2 Å². The lowest BCUT2D eigenvalue weighted by Crippen LogP contribution is -2.33. The number of carbonyl (C=O) groups excluding carboxylic acids is 1. The van der Waals surface area contributed by atoms with Gasteiger partial charge in [0.05, 0.1) is 0 Å². The maximum atomic E-state index is 12.6. The third kappa shape index (κ3) is 4.71. The van der Waals surface area contributed by atoms with E-state index in [2.05, 4.69) is 23.3 Å². The zero-order chi connectivity index (χ0) is 18.4. The summed E-state index contributed by atoms with van der Waals surface area (Å²) in [7, 11) is 2.19. The molecule has 4 heteroatoms. The van der Waals surface area contributed by atoms with Crippen molar-refractivity contribution in [2.24, 2.45) is 5.73 Å². The molecular formula is C22H29N3O. The largest absolute Gasteiger partial charge is 0.326 e. The topological polar surface area (TPSA) is 58.4 Å². The van der Waals surface area contributed by atoms with Crippen LogP contribution in [0.2, 0.25) is 0 Å². The van der Waals surface area contributed by atoms with Crippen molar-refractivity contribution in [2.75, 3.05) is 12.4 Å². The highest BCUT2D eigenvalue weighted by Gasteiger charge is 2.19. The monoisotopic (exact) mass is 351 g/mol. The molecule has 0 radical (unpaired) electrons. The molecule has 138 valence electrons. The number of benzene rings is 2. The first-order chi connectivity index (χ1) is 12.7. The van der Waals surface area contributed by atoms with Crippen LogP contribution in [-0.2, 0) is 13.1 Å². The van der Waals surface area contributed by atoms with Crippen LogP contribution in [0.4, 0.5) is 5.69 Å². The predicted molar refractivity (Wildman–Crippen MR) is 107 cm³/mol. The molecule has 0 unspecified atom stereocenters. The lowest BCUT2D eigenvalue weighted by atomic mass is 9.94. The van der Waals surface area contributed by atoms with E-state index in [-0.39, 0.29) is 5.91 Å². The number of nitrogens with one attached hydrogen (secondary N) is 1. The molecule has 1 amide bonds. The summed E-state index contributed by atoms with van der Waals surface area (Å²) in [5.74, 6) is -0.0821.